The highest BCUT2D eigenvalue weighted by molar-refractivity contribution is 5.78. The molecule has 23 heavy (non-hydrogen) atoms. The van der Waals surface area contributed by atoms with Crippen LogP contribution in [0, 0.1) is 0 Å². The van der Waals surface area contributed by atoms with Crippen LogP contribution < -0.4 is 11.1 Å². The molecule has 0 rings (SSSR count). The Morgan fingerprint density at radius 1 is 1.00 bits per heavy atom. The monoisotopic (exact) mass is 328 g/mol. The zero-order chi connectivity index (χ0) is 18.1. The van der Waals surface area contributed by atoms with Gasteiger partial charge < -0.3 is 10.5 Å². The minimum Gasteiger partial charge on any atom is -0.459 e. The van der Waals surface area contributed by atoms with E-state index < -0.39 is 5.60 Å². The lowest BCUT2D eigenvalue weighted by Gasteiger charge is -2.30. The summed E-state index contributed by atoms with van der Waals surface area (Å²) in [5, 5.41) is 3.34. The van der Waals surface area contributed by atoms with Crippen molar-refractivity contribution in [3.05, 3.63) is 0 Å². The zero-order valence-electron chi connectivity index (χ0n) is 15.8. The number of carbonyl (C=O) groups excluding carboxylic acids is 2. The van der Waals surface area contributed by atoms with Gasteiger partial charge in [0, 0.05) is 18.4 Å². The fraction of sp³-hybridized carbons (Fsp3) is 0.889. The number of nitrogens with one attached hydrogen (secondary N) is 1. The molecule has 5 heteroatoms. The Morgan fingerprint density at radius 3 is 2.09 bits per heavy atom. The number of Topliss-reactive ketones (excluding diaryl/α,β-unsaturated/α-hetero) is 1. The third-order valence-electron chi connectivity index (χ3n) is 3.17. The number of ketones is 1. The van der Waals surface area contributed by atoms with E-state index in [1.54, 1.807) is 0 Å². The number of rotatable bonds is 10. The van der Waals surface area contributed by atoms with Crippen molar-refractivity contribution in [1.29, 1.82) is 0 Å². The maximum Gasteiger partial charge on any atom is 0.323 e. The van der Waals surface area contributed by atoms with Gasteiger partial charge in [0.2, 0.25) is 0 Å². The smallest absolute Gasteiger partial charge is 0.323 e. The summed E-state index contributed by atoms with van der Waals surface area (Å²) in [7, 11) is 0. The summed E-state index contributed by atoms with van der Waals surface area (Å²) in [5.74, 6) is 0.0237. The maximum absolute atomic E-state index is 12.3. The summed E-state index contributed by atoms with van der Waals surface area (Å²) in [6.45, 7) is 12.2. The minimum atomic E-state index is -0.483. The van der Waals surface area contributed by atoms with Gasteiger partial charge in [-0.1, -0.05) is 12.8 Å². The number of carbonyl (C=O) groups is 2. The highest BCUT2D eigenvalue weighted by Gasteiger charge is 2.27. The third-order valence-corrected chi connectivity index (χ3v) is 3.17. The number of hydrogen-bond donors (Lipinski definition) is 2. The molecular formula is C18H36N2O3. The van der Waals surface area contributed by atoms with Crippen LogP contribution in [0.2, 0.25) is 0 Å². The Kier molecular flexibility index (Phi) is 9.63. The molecule has 1 atom stereocenters. The lowest BCUT2D eigenvalue weighted by atomic mass is 10.0. The van der Waals surface area contributed by atoms with Gasteiger partial charge in [0.1, 0.15) is 17.4 Å². The first-order valence-corrected chi connectivity index (χ1v) is 8.67. The Labute approximate surface area is 141 Å². The molecule has 5 nitrogen and oxygen atoms in total. The number of nitrogens with two attached hydrogens (primary N) is 1. The van der Waals surface area contributed by atoms with Crippen LogP contribution in [0.3, 0.4) is 0 Å². The molecule has 0 heterocycles. The molecule has 136 valence electrons. The Bertz CT molecular complexity index is 367. The van der Waals surface area contributed by atoms with E-state index >= 15 is 0 Å². The van der Waals surface area contributed by atoms with E-state index in [1.807, 2.05) is 41.5 Å². The first-order valence-electron chi connectivity index (χ1n) is 8.67. The van der Waals surface area contributed by atoms with Crippen molar-refractivity contribution in [2.75, 3.05) is 6.54 Å². The van der Waals surface area contributed by atoms with E-state index in [4.69, 9.17) is 10.5 Å². The van der Waals surface area contributed by atoms with Crippen LogP contribution in [0.5, 0.6) is 0 Å². The third kappa shape index (κ3) is 13.2. The second kappa shape index (κ2) is 10.0. The van der Waals surface area contributed by atoms with E-state index in [0.717, 1.165) is 25.7 Å². The first-order chi connectivity index (χ1) is 10.4. The molecule has 0 aromatic carbocycles. The zero-order valence-corrected chi connectivity index (χ0v) is 15.8. The molecule has 0 unspecified atom stereocenters. The van der Waals surface area contributed by atoms with Gasteiger partial charge in [-0.3, -0.25) is 14.9 Å². The predicted molar refractivity (Wildman–Crippen MR) is 94.3 cm³/mol. The molecule has 0 spiro atoms. The van der Waals surface area contributed by atoms with E-state index in [-0.39, 0.29) is 23.3 Å². The van der Waals surface area contributed by atoms with Crippen molar-refractivity contribution >= 4 is 11.8 Å². The highest BCUT2D eigenvalue weighted by Crippen LogP contribution is 2.15. The fourth-order valence-electron chi connectivity index (χ4n) is 2.28. The van der Waals surface area contributed by atoms with Gasteiger partial charge in [-0.25, -0.2) is 0 Å². The van der Waals surface area contributed by atoms with E-state index in [2.05, 4.69) is 5.32 Å². The van der Waals surface area contributed by atoms with Crippen LogP contribution in [-0.4, -0.2) is 35.5 Å². The molecule has 0 aliphatic heterocycles. The van der Waals surface area contributed by atoms with Crippen LogP contribution in [0.15, 0.2) is 0 Å². The second-order valence-corrected chi connectivity index (χ2v) is 8.16. The van der Waals surface area contributed by atoms with Crippen LogP contribution in [-0.2, 0) is 14.3 Å². The van der Waals surface area contributed by atoms with Crippen LogP contribution in [0.4, 0.5) is 0 Å². The molecule has 0 radical (unpaired) electrons. The lowest BCUT2D eigenvalue weighted by Crippen LogP contribution is -2.49. The normalized spacial score (nSPS) is 13.7. The van der Waals surface area contributed by atoms with Crippen LogP contribution >= 0.6 is 0 Å². The molecule has 3 N–H and O–H groups in total. The quantitative estimate of drug-likeness (QED) is 0.476. The first kappa shape index (κ1) is 22.1. The SMILES string of the molecule is CC(C)(C)N[C@@H](CCCCCC(=O)CCN)C(=O)OC(C)(C)C. The molecule has 0 amide bonds. The molecule has 0 aromatic rings. The van der Waals surface area contributed by atoms with E-state index in [9.17, 15) is 9.59 Å². The average molecular weight is 328 g/mol. The van der Waals surface area contributed by atoms with Gasteiger partial charge in [0.15, 0.2) is 0 Å². The summed E-state index contributed by atoms with van der Waals surface area (Å²) in [6, 6.07) is -0.311. The number of hydrogen-bond acceptors (Lipinski definition) is 5. The minimum absolute atomic E-state index is 0.154. The van der Waals surface area contributed by atoms with E-state index in [1.165, 1.54) is 0 Å². The van der Waals surface area contributed by atoms with E-state index in [0.29, 0.717) is 19.4 Å². The standard InChI is InChI=1S/C18H36N2O3/c1-17(2,3)20-15(16(22)23-18(4,5)6)11-9-7-8-10-14(21)12-13-19/h15,20H,7-13,19H2,1-6H3/t15-/m0/s1. The Hall–Kier alpha value is -0.940. The number of esters is 1. The molecular weight excluding hydrogens is 292 g/mol. The van der Waals surface area contributed by atoms with Crippen LogP contribution in [0.25, 0.3) is 0 Å². The molecule has 0 aromatic heterocycles. The van der Waals surface area contributed by atoms with Crippen molar-refractivity contribution in [1.82, 2.24) is 5.32 Å². The largest absolute Gasteiger partial charge is 0.459 e. The number of unbranched alkanes of at least 4 members (excludes halogenated alkanes) is 2. The molecule has 0 bridgehead atoms. The van der Waals surface area contributed by atoms with Crippen molar-refractivity contribution in [2.24, 2.45) is 5.73 Å². The topological polar surface area (TPSA) is 81.4 Å². The van der Waals surface area contributed by atoms with Gasteiger partial charge in [-0.05, 0) is 60.9 Å². The summed E-state index contributed by atoms with van der Waals surface area (Å²) < 4.78 is 5.50. The Balaban J connectivity index is 4.32. The Morgan fingerprint density at radius 2 is 1.61 bits per heavy atom. The van der Waals surface area contributed by atoms with Crippen molar-refractivity contribution in [3.8, 4) is 0 Å². The fourth-order valence-corrected chi connectivity index (χ4v) is 2.28. The van der Waals surface area contributed by atoms with Gasteiger partial charge in [0.25, 0.3) is 0 Å². The summed E-state index contributed by atoms with van der Waals surface area (Å²) in [4.78, 5) is 23.8. The average Bonchev–Trinajstić information content (AvgIpc) is 2.33. The van der Waals surface area contributed by atoms with Gasteiger partial charge in [0.05, 0.1) is 0 Å². The van der Waals surface area contributed by atoms with Gasteiger partial charge >= 0.3 is 5.97 Å². The summed E-state index contributed by atoms with van der Waals surface area (Å²) in [5.41, 5.74) is 4.72. The number of ether oxygens (including phenoxy) is 1. The van der Waals surface area contributed by atoms with Gasteiger partial charge in [-0.15, -0.1) is 0 Å². The molecule has 0 aliphatic carbocycles. The molecule has 0 aliphatic rings. The molecule has 0 saturated carbocycles. The molecule has 0 saturated heterocycles. The highest BCUT2D eigenvalue weighted by atomic mass is 16.6. The predicted octanol–water partition coefficient (Wildman–Crippen LogP) is 2.95. The molecule has 0 fully saturated rings. The summed E-state index contributed by atoms with van der Waals surface area (Å²) in [6.07, 6.45) is 4.45. The van der Waals surface area contributed by atoms with Gasteiger partial charge in [-0.2, -0.15) is 0 Å². The van der Waals surface area contributed by atoms with Crippen molar-refractivity contribution in [2.45, 2.75) is 97.2 Å². The van der Waals surface area contributed by atoms with Crippen LogP contribution in [0.1, 0.15) is 80.1 Å². The van der Waals surface area contributed by atoms with Crippen molar-refractivity contribution in [3.63, 3.8) is 0 Å². The second-order valence-electron chi connectivity index (χ2n) is 8.16. The van der Waals surface area contributed by atoms with Crippen molar-refractivity contribution < 1.29 is 14.3 Å². The maximum atomic E-state index is 12.3. The lowest BCUT2D eigenvalue weighted by molar-refractivity contribution is -0.158. The summed E-state index contributed by atoms with van der Waals surface area (Å²) >= 11 is 0.